The highest BCUT2D eigenvalue weighted by Crippen LogP contribution is 2.25. The number of halogens is 1. The average Bonchev–Trinajstić information content (AvgIpc) is 2.89. The van der Waals surface area contributed by atoms with Crippen LogP contribution in [0.15, 0.2) is 60.9 Å². The van der Waals surface area contributed by atoms with E-state index >= 15 is 0 Å². The summed E-state index contributed by atoms with van der Waals surface area (Å²) < 4.78 is 24.7. The Kier molecular flexibility index (Phi) is 10.8. The van der Waals surface area contributed by atoms with Crippen molar-refractivity contribution < 1.29 is 13.9 Å². The summed E-state index contributed by atoms with van der Waals surface area (Å²) in [5.41, 5.74) is 3.15. The van der Waals surface area contributed by atoms with Gasteiger partial charge in [-0.1, -0.05) is 82.3 Å². The molecule has 3 rings (SSSR count). The number of unbranched alkanes of at least 4 members (excludes halogenated alkanes) is 5. The van der Waals surface area contributed by atoms with Crippen molar-refractivity contribution in [1.29, 1.82) is 0 Å². The number of benzene rings is 2. The van der Waals surface area contributed by atoms with Gasteiger partial charge >= 0.3 is 0 Å². The first-order valence-corrected chi connectivity index (χ1v) is 12.6. The Hall–Kier alpha value is -2.95. The molecule has 3 aromatic rings. The van der Waals surface area contributed by atoms with Crippen LogP contribution in [0.3, 0.4) is 0 Å². The molecule has 0 N–H and O–H groups in total. The van der Waals surface area contributed by atoms with Crippen molar-refractivity contribution in [1.82, 2.24) is 9.97 Å². The molecule has 0 aliphatic rings. The molecule has 0 aliphatic carbocycles. The van der Waals surface area contributed by atoms with Crippen molar-refractivity contribution in [2.75, 3.05) is 13.2 Å². The second kappa shape index (κ2) is 14.3. The molecule has 2 aromatic carbocycles. The minimum Gasteiger partial charge on any atom is -0.493 e. The van der Waals surface area contributed by atoms with E-state index in [9.17, 15) is 4.39 Å². The van der Waals surface area contributed by atoms with E-state index in [1.807, 2.05) is 43.3 Å². The monoisotopic (exact) mass is 464 g/mol. The Labute approximate surface area is 203 Å². The molecule has 1 aromatic heterocycles. The largest absolute Gasteiger partial charge is 0.493 e. The molecule has 5 heteroatoms. The predicted octanol–water partition coefficient (Wildman–Crippen LogP) is 8.07. The average molecular weight is 465 g/mol. The summed E-state index contributed by atoms with van der Waals surface area (Å²) in [7, 11) is 0. The van der Waals surface area contributed by atoms with Crippen molar-refractivity contribution in [2.24, 2.45) is 0 Å². The Morgan fingerprint density at radius 3 is 1.88 bits per heavy atom. The standard InChI is InChI=1S/C29H37FN2O2/c1-3-5-6-7-8-9-19-33-28-21-31-29(32-22-28)25-12-10-23(11-13-25)24-14-16-27(17-15-24)34-20-18-26(30)4-2/h10-17,21-22,26H,3-9,18-20H2,1-2H3. The molecule has 34 heavy (non-hydrogen) atoms. The second-order valence-electron chi connectivity index (χ2n) is 8.60. The first-order valence-electron chi connectivity index (χ1n) is 12.6. The molecular formula is C29H37FN2O2. The smallest absolute Gasteiger partial charge is 0.159 e. The highest BCUT2D eigenvalue weighted by atomic mass is 19.1. The van der Waals surface area contributed by atoms with Crippen molar-refractivity contribution in [2.45, 2.75) is 71.4 Å². The van der Waals surface area contributed by atoms with E-state index in [0.29, 0.717) is 37.6 Å². The zero-order chi connectivity index (χ0) is 24.0. The van der Waals surface area contributed by atoms with E-state index < -0.39 is 6.17 Å². The third kappa shape index (κ3) is 8.44. The fourth-order valence-corrected chi connectivity index (χ4v) is 3.68. The van der Waals surface area contributed by atoms with Crippen LogP contribution in [0.1, 0.15) is 65.2 Å². The molecule has 0 saturated heterocycles. The van der Waals surface area contributed by atoms with Crippen LogP contribution in [0, 0.1) is 0 Å². The molecule has 0 saturated carbocycles. The maximum atomic E-state index is 13.3. The third-order valence-electron chi connectivity index (χ3n) is 5.87. The minimum absolute atomic E-state index is 0.395. The van der Waals surface area contributed by atoms with Crippen LogP contribution in [-0.4, -0.2) is 29.4 Å². The first kappa shape index (κ1) is 25.7. The lowest BCUT2D eigenvalue weighted by Crippen LogP contribution is -2.06. The molecule has 1 unspecified atom stereocenters. The topological polar surface area (TPSA) is 44.2 Å². The van der Waals surface area contributed by atoms with Gasteiger partial charge in [0.1, 0.15) is 11.9 Å². The minimum atomic E-state index is -0.796. The molecule has 0 spiro atoms. The van der Waals surface area contributed by atoms with Crippen molar-refractivity contribution in [3.8, 4) is 34.0 Å². The van der Waals surface area contributed by atoms with E-state index in [2.05, 4.69) is 29.0 Å². The van der Waals surface area contributed by atoms with Gasteiger partial charge in [-0.2, -0.15) is 0 Å². The van der Waals surface area contributed by atoms with E-state index in [0.717, 1.165) is 28.9 Å². The molecule has 1 heterocycles. The van der Waals surface area contributed by atoms with Crippen molar-refractivity contribution in [3.05, 3.63) is 60.9 Å². The fourth-order valence-electron chi connectivity index (χ4n) is 3.68. The molecule has 4 nitrogen and oxygen atoms in total. The molecule has 0 radical (unpaired) electrons. The van der Waals surface area contributed by atoms with Gasteiger partial charge in [0.15, 0.2) is 11.6 Å². The fraction of sp³-hybridized carbons (Fsp3) is 0.448. The van der Waals surface area contributed by atoms with Crippen molar-refractivity contribution >= 4 is 0 Å². The van der Waals surface area contributed by atoms with Crippen LogP contribution in [-0.2, 0) is 0 Å². The van der Waals surface area contributed by atoms with Crippen LogP contribution in [0.2, 0.25) is 0 Å². The number of ether oxygens (including phenoxy) is 2. The highest BCUT2D eigenvalue weighted by molar-refractivity contribution is 5.68. The van der Waals surface area contributed by atoms with Crippen molar-refractivity contribution in [3.63, 3.8) is 0 Å². The Morgan fingerprint density at radius 2 is 1.24 bits per heavy atom. The summed E-state index contributed by atoms with van der Waals surface area (Å²) in [4.78, 5) is 8.94. The van der Waals surface area contributed by atoms with Gasteiger partial charge in [0.25, 0.3) is 0 Å². The van der Waals surface area contributed by atoms with Crippen LogP contribution in [0.4, 0.5) is 4.39 Å². The number of alkyl halides is 1. The van der Waals surface area contributed by atoms with Gasteiger partial charge in [0, 0.05) is 12.0 Å². The Morgan fingerprint density at radius 1 is 0.676 bits per heavy atom. The lowest BCUT2D eigenvalue weighted by molar-refractivity contribution is 0.231. The molecule has 182 valence electrons. The molecule has 1 atom stereocenters. The summed E-state index contributed by atoms with van der Waals surface area (Å²) in [5.74, 6) is 2.16. The summed E-state index contributed by atoms with van der Waals surface area (Å²) in [6, 6.07) is 16.1. The zero-order valence-corrected chi connectivity index (χ0v) is 20.5. The zero-order valence-electron chi connectivity index (χ0n) is 20.5. The lowest BCUT2D eigenvalue weighted by Gasteiger charge is -2.09. The number of aromatic nitrogens is 2. The first-order chi connectivity index (χ1) is 16.7. The third-order valence-corrected chi connectivity index (χ3v) is 5.87. The summed E-state index contributed by atoms with van der Waals surface area (Å²) in [6.07, 6.45) is 11.1. The summed E-state index contributed by atoms with van der Waals surface area (Å²) in [6.45, 7) is 5.18. The quantitative estimate of drug-likeness (QED) is 0.213. The summed E-state index contributed by atoms with van der Waals surface area (Å²) >= 11 is 0. The number of rotatable bonds is 15. The number of nitrogens with zero attached hydrogens (tertiary/aromatic N) is 2. The second-order valence-corrected chi connectivity index (χ2v) is 8.60. The molecular weight excluding hydrogens is 427 g/mol. The van der Waals surface area contributed by atoms with Gasteiger partial charge < -0.3 is 9.47 Å². The SMILES string of the molecule is CCCCCCCCOc1cnc(-c2ccc(-c3ccc(OCCC(F)CC)cc3)cc2)nc1. The number of hydrogen-bond donors (Lipinski definition) is 0. The molecule has 0 bridgehead atoms. The maximum absolute atomic E-state index is 13.3. The van der Waals surface area contributed by atoms with Crippen LogP contribution < -0.4 is 9.47 Å². The molecule has 0 fully saturated rings. The van der Waals surface area contributed by atoms with Gasteiger partial charge in [-0.25, -0.2) is 14.4 Å². The lowest BCUT2D eigenvalue weighted by atomic mass is 10.0. The van der Waals surface area contributed by atoms with Gasteiger partial charge in [0.2, 0.25) is 0 Å². The summed E-state index contributed by atoms with van der Waals surface area (Å²) in [5, 5.41) is 0. The highest BCUT2D eigenvalue weighted by Gasteiger charge is 2.06. The number of hydrogen-bond acceptors (Lipinski definition) is 4. The van der Waals surface area contributed by atoms with Gasteiger partial charge in [-0.3, -0.25) is 0 Å². The van der Waals surface area contributed by atoms with Gasteiger partial charge in [-0.05, 0) is 36.1 Å². The van der Waals surface area contributed by atoms with Crippen LogP contribution in [0.5, 0.6) is 11.5 Å². The predicted molar refractivity (Wildman–Crippen MR) is 137 cm³/mol. The maximum Gasteiger partial charge on any atom is 0.159 e. The van der Waals surface area contributed by atoms with Gasteiger partial charge in [0.05, 0.1) is 25.6 Å². The molecule has 0 aliphatic heterocycles. The van der Waals surface area contributed by atoms with Crippen LogP contribution >= 0.6 is 0 Å². The van der Waals surface area contributed by atoms with Crippen LogP contribution in [0.25, 0.3) is 22.5 Å². The van der Waals surface area contributed by atoms with Gasteiger partial charge in [-0.15, -0.1) is 0 Å². The van der Waals surface area contributed by atoms with E-state index in [4.69, 9.17) is 9.47 Å². The van der Waals surface area contributed by atoms with E-state index in [-0.39, 0.29) is 0 Å². The van der Waals surface area contributed by atoms with E-state index in [1.165, 1.54) is 32.1 Å². The Bertz CT molecular complexity index is 943. The molecule has 0 amide bonds. The van der Waals surface area contributed by atoms with E-state index in [1.54, 1.807) is 12.4 Å². The normalized spacial score (nSPS) is 11.9. The Balaban J connectivity index is 1.47.